The van der Waals surface area contributed by atoms with E-state index >= 15 is 0 Å². The maximum Gasteiger partial charge on any atom is 0.427 e. The molecule has 0 aliphatic heterocycles. The summed E-state index contributed by atoms with van der Waals surface area (Å²) in [7, 11) is 0. The molecule has 2 aromatic rings. The number of carbonyl (C=O) groups is 1. The summed E-state index contributed by atoms with van der Waals surface area (Å²) in [5.41, 5.74) is -0.161. The van der Waals surface area contributed by atoms with E-state index < -0.39 is 76.6 Å². The number of aliphatic carboxylic acids is 1. The number of carboxylic acid groups (broad SMARTS) is 1. The van der Waals surface area contributed by atoms with Gasteiger partial charge in [-0.3, -0.25) is 4.79 Å². The Morgan fingerprint density at radius 2 is 1.74 bits per heavy atom. The second kappa shape index (κ2) is 10.4. The fourth-order valence-corrected chi connectivity index (χ4v) is 4.62. The summed E-state index contributed by atoms with van der Waals surface area (Å²) in [6.07, 6.45) is -1.96. The third-order valence-corrected chi connectivity index (χ3v) is 6.61. The van der Waals surface area contributed by atoms with Gasteiger partial charge in [-0.1, -0.05) is 31.6 Å². The van der Waals surface area contributed by atoms with Gasteiger partial charge in [-0.2, -0.15) is 26.3 Å². The van der Waals surface area contributed by atoms with Gasteiger partial charge in [0.15, 0.2) is 17.4 Å². The highest BCUT2D eigenvalue weighted by molar-refractivity contribution is 7.06. The summed E-state index contributed by atoms with van der Waals surface area (Å²) in [6.45, 7) is 2.79. The number of benzene rings is 1. The van der Waals surface area contributed by atoms with Crippen molar-refractivity contribution < 1.29 is 45.4 Å². The van der Waals surface area contributed by atoms with E-state index in [9.17, 15) is 35.5 Å². The fraction of sp³-hybridized carbons (Fsp3) is 0.391. The van der Waals surface area contributed by atoms with Crippen molar-refractivity contribution in [3.8, 4) is 5.75 Å². The Hall–Kier alpha value is -2.89. The Balaban J connectivity index is 2.00. The van der Waals surface area contributed by atoms with Gasteiger partial charge in [0.05, 0.1) is 5.69 Å². The molecule has 0 saturated heterocycles. The van der Waals surface area contributed by atoms with Crippen LogP contribution in [-0.4, -0.2) is 15.4 Å². The first-order chi connectivity index (χ1) is 16.4. The van der Waals surface area contributed by atoms with E-state index in [4.69, 9.17) is 9.84 Å². The van der Waals surface area contributed by atoms with E-state index in [1.165, 1.54) is 0 Å². The van der Waals surface area contributed by atoms with Crippen LogP contribution in [-0.2, 0) is 24.0 Å². The number of hydrogen-bond donors (Lipinski definition) is 1. The summed E-state index contributed by atoms with van der Waals surface area (Å²) < 4.78 is 107. The Morgan fingerprint density at radius 1 is 1.11 bits per heavy atom. The molecule has 1 aromatic carbocycles. The number of alkyl halides is 3. The van der Waals surface area contributed by atoms with Crippen LogP contribution >= 0.6 is 11.5 Å². The molecule has 4 nitrogen and oxygen atoms in total. The van der Waals surface area contributed by atoms with Crippen LogP contribution in [0.25, 0.3) is 5.57 Å². The zero-order valence-electron chi connectivity index (χ0n) is 18.5. The summed E-state index contributed by atoms with van der Waals surface area (Å²) in [5.74, 6) is -10.6. The number of nitrogens with zero attached hydrogens (tertiary/aromatic N) is 1. The normalized spacial score (nSPS) is 16.2. The molecule has 3 rings (SSSR count). The van der Waals surface area contributed by atoms with Gasteiger partial charge in [0.25, 0.3) is 0 Å². The summed E-state index contributed by atoms with van der Waals surface area (Å²) in [6, 6.07) is 0. The smallest absolute Gasteiger partial charge is 0.427 e. The van der Waals surface area contributed by atoms with Crippen molar-refractivity contribution >= 4 is 23.1 Å². The number of halogens is 7. The van der Waals surface area contributed by atoms with Crippen molar-refractivity contribution in [3.05, 3.63) is 62.7 Å². The van der Waals surface area contributed by atoms with Gasteiger partial charge in [-0.05, 0) is 42.3 Å². The van der Waals surface area contributed by atoms with E-state index in [0.29, 0.717) is 12.0 Å². The SMILES string of the molecule is CCC1=CC=C(c2nsc(C(F)(F)F)c2COc2c(F)c(F)c(CCC(=O)O)c(F)c2F)CC1C. The Labute approximate surface area is 199 Å². The molecule has 1 unspecified atom stereocenters. The monoisotopic (exact) mass is 523 g/mol. The first-order valence-electron chi connectivity index (χ1n) is 10.5. The van der Waals surface area contributed by atoms with E-state index in [1.807, 2.05) is 13.8 Å². The van der Waals surface area contributed by atoms with Gasteiger partial charge in [-0.15, -0.1) is 0 Å². The average molecular weight is 523 g/mol. The third-order valence-electron chi connectivity index (χ3n) is 5.68. The van der Waals surface area contributed by atoms with Gasteiger partial charge < -0.3 is 9.84 Å². The summed E-state index contributed by atoms with van der Waals surface area (Å²) in [5, 5.41) is 8.65. The minimum atomic E-state index is -4.85. The maximum absolute atomic E-state index is 14.5. The van der Waals surface area contributed by atoms with Gasteiger partial charge in [0.2, 0.25) is 11.6 Å². The minimum Gasteiger partial charge on any atom is -0.483 e. The lowest BCUT2D eigenvalue weighted by Gasteiger charge is -2.21. The Morgan fingerprint density at radius 3 is 2.26 bits per heavy atom. The minimum absolute atomic E-state index is 0.0289. The highest BCUT2D eigenvalue weighted by atomic mass is 32.1. The molecule has 0 radical (unpaired) electrons. The average Bonchev–Trinajstić information content (AvgIpc) is 3.22. The molecule has 1 aliphatic carbocycles. The lowest BCUT2D eigenvalue weighted by molar-refractivity contribution is -0.137. The molecule has 0 spiro atoms. The number of ether oxygens (including phenoxy) is 1. The van der Waals surface area contributed by atoms with Crippen LogP contribution in [0, 0.1) is 29.2 Å². The van der Waals surface area contributed by atoms with Gasteiger partial charge >= 0.3 is 12.1 Å². The number of allylic oxidation sites excluding steroid dienone is 4. The molecule has 1 heterocycles. The molecular weight excluding hydrogens is 503 g/mol. The molecule has 0 saturated carbocycles. The standard InChI is InChI=1S/C23H20F7NO3S/c1-3-11-4-5-12(8-10(11)2)20-14(22(35-31-20)23(28,29)30)9-34-21-18(26)16(24)13(6-7-15(32)33)17(25)19(21)27/h4-5,10H,3,6-9H2,1-2H3,(H,32,33). The lowest BCUT2D eigenvalue weighted by atomic mass is 9.85. The zero-order valence-corrected chi connectivity index (χ0v) is 19.3. The van der Waals surface area contributed by atoms with Crippen molar-refractivity contribution in [1.29, 1.82) is 0 Å². The summed E-state index contributed by atoms with van der Waals surface area (Å²) >= 11 is 0.138. The first-order valence-corrected chi connectivity index (χ1v) is 11.3. The van der Waals surface area contributed by atoms with E-state index in [1.54, 1.807) is 12.2 Å². The summed E-state index contributed by atoms with van der Waals surface area (Å²) in [4.78, 5) is 9.47. The molecule has 12 heteroatoms. The predicted molar refractivity (Wildman–Crippen MR) is 114 cm³/mol. The zero-order chi connectivity index (χ0) is 26.1. The Kier molecular flexibility index (Phi) is 7.93. The molecule has 1 aliphatic rings. The Bertz CT molecular complexity index is 1170. The molecule has 0 bridgehead atoms. The third kappa shape index (κ3) is 5.52. The quantitative estimate of drug-likeness (QED) is 0.297. The molecule has 1 aromatic heterocycles. The second-order valence-electron chi connectivity index (χ2n) is 7.97. The van der Waals surface area contributed by atoms with Gasteiger partial charge in [0.1, 0.15) is 11.5 Å². The van der Waals surface area contributed by atoms with E-state index in [-0.39, 0.29) is 23.1 Å². The number of rotatable bonds is 8. The number of hydrogen-bond acceptors (Lipinski definition) is 4. The van der Waals surface area contributed by atoms with Crippen LogP contribution < -0.4 is 4.74 Å². The molecule has 1 atom stereocenters. The lowest BCUT2D eigenvalue weighted by Crippen LogP contribution is -2.13. The number of aromatic nitrogens is 1. The molecule has 0 amide bonds. The van der Waals surface area contributed by atoms with Crippen molar-refractivity contribution in [2.45, 2.75) is 52.3 Å². The van der Waals surface area contributed by atoms with Crippen molar-refractivity contribution in [2.75, 3.05) is 0 Å². The molecule has 0 fully saturated rings. The molecular formula is C23H20F7NO3S. The topological polar surface area (TPSA) is 59.4 Å². The predicted octanol–water partition coefficient (Wildman–Crippen LogP) is 7.07. The van der Waals surface area contributed by atoms with Gasteiger partial charge in [-0.25, -0.2) is 8.78 Å². The highest BCUT2D eigenvalue weighted by Crippen LogP contribution is 2.42. The van der Waals surface area contributed by atoms with Crippen molar-refractivity contribution in [3.63, 3.8) is 0 Å². The van der Waals surface area contributed by atoms with Crippen LogP contribution in [0.1, 0.15) is 54.8 Å². The maximum atomic E-state index is 14.5. The van der Waals surface area contributed by atoms with Crippen molar-refractivity contribution in [2.24, 2.45) is 5.92 Å². The highest BCUT2D eigenvalue weighted by Gasteiger charge is 2.39. The second-order valence-corrected chi connectivity index (χ2v) is 8.75. The van der Waals surface area contributed by atoms with Gasteiger partial charge in [0, 0.05) is 17.5 Å². The largest absolute Gasteiger partial charge is 0.483 e. The fourth-order valence-electron chi connectivity index (χ4n) is 3.84. The van der Waals surface area contributed by atoms with Crippen LogP contribution in [0.3, 0.4) is 0 Å². The van der Waals surface area contributed by atoms with Crippen molar-refractivity contribution in [1.82, 2.24) is 4.37 Å². The molecule has 1 N–H and O–H groups in total. The van der Waals surface area contributed by atoms with Crippen LogP contribution in [0.2, 0.25) is 0 Å². The van der Waals surface area contributed by atoms with E-state index in [2.05, 4.69) is 4.37 Å². The van der Waals surface area contributed by atoms with Crippen LogP contribution in [0.4, 0.5) is 30.7 Å². The van der Waals surface area contributed by atoms with E-state index in [0.717, 1.165) is 12.0 Å². The molecule has 35 heavy (non-hydrogen) atoms. The molecule has 190 valence electrons. The van der Waals surface area contributed by atoms with Crippen LogP contribution in [0.5, 0.6) is 5.75 Å². The van der Waals surface area contributed by atoms with Crippen LogP contribution in [0.15, 0.2) is 17.7 Å². The number of carboxylic acids is 1. The first kappa shape index (κ1) is 26.7.